The van der Waals surface area contributed by atoms with Crippen LogP contribution in [-0.2, 0) is 7.05 Å². The Labute approximate surface area is 106 Å². The van der Waals surface area contributed by atoms with Crippen LogP contribution in [0.25, 0.3) is 0 Å². The zero-order valence-corrected chi connectivity index (χ0v) is 11.0. The van der Waals surface area contributed by atoms with Gasteiger partial charge in [-0.05, 0) is 29.2 Å². The second-order valence-corrected chi connectivity index (χ2v) is 4.98. The number of rotatable bonds is 3. The molecule has 7 heteroatoms. The van der Waals surface area contributed by atoms with Crippen molar-refractivity contribution in [3.8, 4) is 0 Å². The molecule has 0 amide bonds. The number of imidazole rings is 1. The summed E-state index contributed by atoms with van der Waals surface area (Å²) < 4.78 is 1.78. The number of anilines is 1. The summed E-state index contributed by atoms with van der Waals surface area (Å²) in [7, 11) is 1.81. The number of aromatic nitrogens is 2. The Bertz CT molecular complexity index is 468. The molecule has 2 heterocycles. The fourth-order valence-corrected chi connectivity index (χ4v) is 2.47. The Kier molecular flexibility index (Phi) is 3.25. The highest BCUT2D eigenvalue weighted by Crippen LogP contribution is 2.32. The fourth-order valence-electron chi connectivity index (χ4n) is 2.47. The molecule has 2 unspecified atom stereocenters. The molecule has 1 aliphatic heterocycles. The first-order valence-corrected chi connectivity index (χ1v) is 6.10. The van der Waals surface area contributed by atoms with Gasteiger partial charge in [0.05, 0.1) is 0 Å². The van der Waals surface area contributed by atoms with Gasteiger partial charge in [0.1, 0.15) is 0 Å². The maximum atomic E-state index is 11.0. The zero-order valence-electron chi connectivity index (χ0n) is 11.0. The van der Waals surface area contributed by atoms with Gasteiger partial charge in [0.2, 0.25) is 11.6 Å². The summed E-state index contributed by atoms with van der Waals surface area (Å²) in [4.78, 5) is 16.7. The van der Waals surface area contributed by atoms with Crippen LogP contribution in [0.15, 0.2) is 0 Å². The van der Waals surface area contributed by atoms with Gasteiger partial charge >= 0.3 is 5.82 Å². The average Bonchev–Trinajstić information content (AvgIpc) is 2.85. The largest absolute Gasteiger partial charge is 0.406 e. The van der Waals surface area contributed by atoms with E-state index in [1.54, 1.807) is 11.5 Å². The lowest BCUT2D eigenvalue weighted by molar-refractivity contribution is -0.388. The molecule has 0 aliphatic carbocycles. The smallest absolute Gasteiger partial charge is 0.358 e. The first kappa shape index (κ1) is 12.8. The highest BCUT2D eigenvalue weighted by Gasteiger charge is 2.33. The minimum absolute atomic E-state index is 0.0553. The van der Waals surface area contributed by atoms with Crippen LogP contribution in [0.2, 0.25) is 0 Å². The van der Waals surface area contributed by atoms with E-state index < -0.39 is 4.92 Å². The van der Waals surface area contributed by atoms with Crippen LogP contribution in [0.3, 0.4) is 0 Å². The van der Waals surface area contributed by atoms with Gasteiger partial charge < -0.3 is 20.7 Å². The number of hydrogen-bond acceptors (Lipinski definition) is 5. The van der Waals surface area contributed by atoms with Crippen molar-refractivity contribution in [3.05, 3.63) is 15.9 Å². The van der Waals surface area contributed by atoms with Crippen molar-refractivity contribution in [1.29, 1.82) is 0 Å². The fraction of sp³-hybridized carbons (Fsp3) is 0.727. The molecule has 0 bridgehead atoms. The van der Waals surface area contributed by atoms with Gasteiger partial charge in [-0.1, -0.05) is 0 Å². The molecule has 7 nitrogen and oxygen atoms in total. The van der Waals surface area contributed by atoms with E-state index in [4.69, 9.17) is 5.73 Å². The summed E-state index contributed by atoms with van der Waals surface area (Å²) in [6.07, 6.45) is 0.971. The number of nitrogens with zero attached hydrogens (tertiary/aromatic N) is 4. The number of hydrogen-bond donors (Lipinski definition) is 1. The predicted molar refractivity (Wildman–Crippen MR) is 68.6 cm³/mol. The van der Waals surface area contributed by atoms with E-state index in [1.165, 1.54) is 0 Å². The molecule has 0 aromatic carbocycles. The van der Waals surface area contributed by atoms with Crippen molar-refractivity contribution in [1.82, 2.24) is 9.55 Å². The van der Waals surface area contributed by atoms with Gasteiger partial charge in [-0.3, -0.25) is 4.57 Å². The van der Waals surface area contributed by atoms with E-state index >= 15 is 0 Å². The molecule has 1 fully saturated rings. The average molecular weight is 253 g/mol. The van der Waals surface area contributed by atoms with Crippen LogP contribution in [0.5, 0.6) is 0 Å². The van der Waals surface area contributed by atoms with E-state index in [-0.39, 0.29) is 11.9 Å². The molecule has 2 N–H and O–H groups in total. The molecular formula is C11H19N5O2. The lowest BCUT2D eigenvalue weighted by Crippen LogP contribution is -2.30. The van der Waals surface area contributed by atoms with Crippen molar-refractivity contribution in [2.45, 2.75) is 26.3 Å². The van der Waals surface area contributed by atoms with Gasteiger partial charge in [-0.2, -0.15) is 0 Å². The van der Waals surface area contributed by atoms with Gasteiger partial charge in [-0.25, -0.2) is 0 Å². The minimum atomic E-state index is -0.415. The lowest BCUT2D eigenvalue weighted by atomic mass is 10.0. The van der Waals surface area contributed by atoms with E-state index in [0.717, 1.165) is 19.5 Å². The molecule has 100 valence electrons. The van der Waals surface area contributed by atoms with Crippen LogP contribution >= 0.6 is 0 Å². The number of nitro groups is 1. The summed E-state index contributed by atoms with van der Waals surface area (Å²) in [5.41, 5.74) is 5.90. The Morgan fingerprint density at radius 2 is 2.28 bits per heavy atom. The number of aryl methyl sites for hydroxylation is 1. The summed E-state index contributed by atoms with van der Waals surface area (Å²) in [6, 6.07) is 0.114. The van der Waals surface area contributed by atoms with Crippen LogP contribution in [0.1, 0.15) is 19.2 Å². The van der Waals surface area contributed by atoms with Gasteiger partial charge in [0.25, 0.3) is 0 Å². The molecule has 2 atom stereocenters. The SMILES string of the molecule is Cc1nc([N+](=O)[O-])c(N2CCC(C(C)N)C2)n1C. The summed E-state index contributed by atoms with van der Waals surface area (Å²) >= 11 is 0. The quantitative estimate of drug-likeness (QED) is 0.636. The summed E-state index contributed by atoms with van der Waals surface area (Å²) in [5.74, 6) is 1.58. The third-order valence-corrected chi connectivity index (χ3v) is 3.71. The van der Waals surface area contributed by atoms with Gasteiger partial charge in [0, 0.05) is 33.1 Å². The van der Waals surface area contributed by atoms with Crippen molar-refractivity contribution < 1.29 is 4.92 Å². The van der Waals surface area contributed by atoms with Crippen molar-refractivity contribution >= 4 is 11.6 Å². The zero-order chi connectivity index (χ0) is 13.4. The van der Waals surface area contributed by atoms with Crippen LogP contribution in [0, 0.1) is 23.0 Å². The number of nitrogens with two attached hydrogens (primary N) is 1. The predicted octanol–water partition coefficient (Wildman–Crippen LogP) is 0.810. The molecule has 1 aromatic heterocycles. The Balaban J connectivity index is 2.31. The topological polar surface area (TPSA) is 90.2 Å². The van der Waals surface area contributed by atoms with E-state index in [0.29, 0.717) is 17.6 Å². The highest BCUT2D eigenvalue weighted by molar-refractivity contribution is 5.56. The first-order valence-electron chi connectivity index (χ1n) is 6.10. The second-order valence-electron chi connectivity index (χ2n) is 4.98. The molecule has 1 aromatic rings. The standard InChI is InChI=1S/C11H19N5O2/c1-7(12)9-4-5-15(6-9)11-10(16(17)18)13-8(2)14(11)3/h7,9H,4-6,12H2,1-3H3. The third-order valence-electron chi connectivity index (χ3n) is 3.71. The Morgan fingerprint density at radius 1 is 1.61 bits per heavy atom. The summed E-state index contributed by atoms with van der Waals surface area (Å²) in [5, 5.41) is 11.0. The van der Waals surface area contributed by atoms with Gasteiger partial charge in [-0.15, -0.1) is 0 Å². The highest BCUT2D eigenvalue weighted by atomic mass is 16.6. The molecule has 18 heavy (non-hydrogen) atoms. The van der Waals surface area contributed by atoms with Crippen LogP contribution < -0.4 is 10.6 Å². The molecule has 1 saturated heterocycles. The Hall–Kier alpha value is -1.63. The second kappa shape index (κ2) is 4.56. The van der Waals surface area contributed by atoms with Crippen molar-refractivity contribution in [2.24, 2.45) is 18.7 Å². The summed E-state index contributed by atoms with van der Waals surface area (Å²) in [6.45, 7) is 5.32. The van der Waals surface area contributed by atoms with Crippen LogP contribution in [-0.4, -0.2) is 33.6 Å². The minimum Gasteiger partial charge on any atom is -0.358 e. The monoisotopic (exact) mass is 253 g/mol. The van der Waals surface area contributed by atoms with Crippen molar-refractivity contribution in [3.63, 3.8) is 0 Å². The maximum absolute atomic E-state index is 11.0. The third kappa shape index (κ3) is 2.05. The van der Waals surface area contributed by atoms with E-state index in [2.05, 4.69) is 4.98 Å². The van der Waals surface area contributed by atoms with Crippen molar-refractivity contribution in [2.75, 3.05) is 18.0 Å². The molecule has 2 rings (SSSR count). The molecule has 0 saturated carbocycles. The van der Waals surface area contributed by atoms with E-state index in [1.807, 2.05) is 18.9 Å². The maximum Gasteiger partial charge on any atom is 0.406 e. The lowest BCUT2D eigenvalue weighted by Gasteiger charge is -2.19. The molecule has 0 spiro atoms. The first-order chi connectivity index (χ1) is 8.41. The van der Waals surface area contributed by atoms with Gasteiger partial charge in [0.15, 0.2) is 0 Å². The van der Waals surface area contributed by atoms with Crippen LogP contribution in [0.4, 0.5) is 11.6 Å². The molecule has 1 aliphatic rings. The Morgan fingerprint density at radius 3 is 2.78 bits per heavy atom. The normalized spacial score (nSPS) is 21.3. The molecular weight excluding hydrogens is 234 g/mol. The van der Waals surface area contributed by atoms with E-state index in [9.17, 15) is 10.1 Å². The molecule has 0 radical (unpaired) electrons.